The van der Waals surface area contributed by atoms with Crippen molar-refractivity contribution in [2.75, 3.05) is 26.4 Å². The van der Waals surface area contributed by atoms with Gasteiger partial charge in [-0.25, -0.2) is 0 Å². The molecule has 0 bridgehead atoms. The summed E-state index contributed by atoms with van der Waals surface area (Å²) in [5, 5.41) is 0. The SMILES string of the molecule is CCCCOP(=S)([S-])OCCCC.CCCCOP(=S)([S-])OCCCC.[Co+2]. The third kappa shape index (κ3) is 28.3. The van der Waals surface area contributed by atoms with Crippen molar-refractivity contribution in [1.82, 2.24) is 0 Å². The molecule has 167 valence electrons. The van der Waals surface area contributed by atoms with Crippen LogP contribution in [0.5, 0.6) is 0 Å². The van der Waals surface area contributed by atoms with Crippen molar-refractivity contribution in [1.29, 1.82) is 0 Å². The molecule has 11 heteroatoms. The minimum atomic E-state index is -2.34. The van der Waals surface area contributed by atoms with Gasteiger partial charge in [-0.3, -0.25) is 0 Å². The first-order valence-corrected chi connectivity index (χ1v) is 16.7. The molecule has 0 rings (SSSR count). The summed E-state index contributed by atoms with van der Waals surface area (Å²) in [7, 11) is 0. The van der Waals surface area contributed by atoms with Gasteiger partial charge in [0.15, 0.2) is 0 Å². The van der Waals surface area contributed by atoms with Crippen molar-refractivity contribution in [3.05, 3.63) is 0 Å². The second-order valence-electron chi connectivity index (χ2n) is 5.64. The number of rotatable bonds is 16. The Morgan fingerprint density at radius 3 is 0.889 bits per heavy atom. The fourth-order valence-electron chi connectivity index (χ4n) is 1.36. The van der Waals surface area contributed by atoms with Gasteiger partial charge in [-0.05, 0) is 25.7 Å². The zero-order valence-electron chi connectivity index (χ0n) is 17.0. The van der Waals surface area contributed by atoms with Crippen LogP contribution in [0.4, 0.5) is 0 Å². The molecule has 0 unspecified atom stereocenters. The topological polar surface area (TPSA) is 36.9 Å². The summed E-state index contributed by atoms with van der Waals surface area (Å²) < 4.78 is 21.3. The van der Waals surface area contributed by atoms with Gasteiger partial charge in [-0.1, -0.05) is 77.0 Å². The van der Waals surface area contributed by atoms with E-state index in [1.54, 1.807) is 0 Å². The number of hydrogen-bond donors (Lipinski definition) is 0. The van der Waals surface area contributed by atoms with Crippen LogP contribution >= 0.6 is 11.4 Å². The molecule has 0 aliphatic heterocycles. The summed E-state index contributed by atoms with van der Waals surface area (Å²) in [6, 6.07) is 0. The van der Waals surface area contributed by atoms with Crippen LogP contribution in [0.1, 0.15) is 79.1 Å². The average molecular weight is 542 g/mol. The van der Waals surface area contributed by atoms with Crippen molar-refractivity contribution >= 4 is 59.5 Å². The van der Waals surface area contributed by atoms with Crippen LogP contribution in [-0.4, -0.2) is 26.4 Å². The summed E-state index contributed by atoms with van der Waals surface area (Å²) in [5.41, 5.74) is -4.67. The van der Waals surface area contributed by atoms with Gasteiger partial charge in [0.1, 0.15) is 0 Å². The maximum atomic E-state index is 5.33. The first-order chi connectivity index (χ1) is 12.2. The molecule has 0 aromatic heterocycles. The molecule has 0 aromatic rings. The molecule has 4 nitrogen and oxygen atoms in total. The number of unbranched alkanes of at least 4 members (excludes halogenated alkanes) is 4. The summed E-state index contributed by atoms with van der Waals surface area (Å²) in [6.45, 7) is 11.0. The van der Waals surface area contributed by atoms with E-state index < -0.39 is 11.4 Å². The third-order valence-electron chi connectivity index (χ3n) is 2.99. The Labute approximate surface area is 198 Å². The molecule has 0 aromatic carbocycles. The average Bonchev–Trinajstić information content (AvgIpc) is 2.56. The van der Waals surface area contributed by atoms with Gasteiger partial charge in [-0.2, -0.15) is 0 Å². The Morgan fingerprint density at radius 2 is 0.741 bits per heavy atom. The molecule has 0 saturated carbocycles. The van der Waals surface area contributed by atoms with Gasteiger partial charge in [0.05, 0.1) is 37.8 Å². The van der Waals surface area contributed by atoms with Crippen LogP contribution in [-0.2, 0) is 83.0 Å². The molecular formula is C16H36CoO4P2S4. The van der Waals surface area contributed by atoms with Gasteiger partial charge in [0.2, 0.25) is 0 Å². The first-order valence-electron chi connectivity index (χ1n) is 9.44. The van der Waals surface area contributed by atoms with Crippen molar-refractivity contribution in [2.45, 2.75) is 79.1 Å². The van der Waals surface area contributed by atoms with E-state index in [4.69, 9.17) is 66.2 Å². The van der Waals surface area contributed by atoms with E-state index in [0.29, 0.717) is 26.4 Å². The van der Waals surface area contributed by atoms with Gasteiger partial charge in [-0.15, -0.1) is 0 Å². The summed E-state index contributed by atoms with van der Waals surface area (Å²) in [5.74, 6) is 0. The Balaban J connectivity index is -0.000000411. The van der Waals surface area contributed by atoms with Crippen LogP contribution in [0.15, 0.2) is 0 Å². The van der Waals surface area contributed by atoms with Crippen LogP contribution in [0.25, 0.3) is 0 Å². The maximum Gasteiger partial charge on any atom is 2.00 e. The molecule has 0 aliphatic rings. The van der Waals surface area contributed by atoms with E-state index in [1.165, 1.54) is 0 Å². The Hall–Kier alpha value is 2.35. The molecule has 0 saturated heterocycles. The standard InChI is InChI=1S/2C8H19O2PS2.Co/c2*1-3-5-7-9-11(12,13)10-8-6-4-2;/h2*3-8H2,1-2H3,(H,12,13);/q;;+2/p-2. The molecule has 0 N–H and O–H groups in total. The molecule has 0 amide bonds. The van der Waals surface area contributed by atoms with Crippen molar-refractivity contribution in [3.8, 4) is 0 Å². The quantitative estimate of drug-likeness (QED) is 0.120. The van der Waals surface area contributed by atoms with Crippen LogP contribution < -0.4 is 0 Å². The fourth-order valence-corrected chi connectivity index (χ4v) is 4.71. The molecular weight excluding hydrogens is 505 g/mol. The fraction of sp³-hybridized carbons (Fsp3) is 1.00. The van der Waals surface area contributed by atoms with Crippen LogP contribution in [0, 0.1) is 0 Å². The van der Waals surface area contributed by atoms with Crippen LogP contribution in [0.2, 0.25) is 0 Å². The van der Waals surface area contributed by atoms with Gasteiger partial charge in [0.25, 0.3) is 0 Å². The van der Waals surface area contributed by atoms with E-state index in [0.717, 1.165) is 51.4 Å². The predicted octanol–water partition coefficient (Wildman–Crippen LogP) is 6.78. The molecule has 27 heavy (non-hydrogen) atoms. The minimum absolute atomic E-state index is 0. The Morgan fingerprint density at radius 1 is 0.556 bits per heavy atom. The van der Waals surface area contributed by atoms with Crippen LogP contribution in [0.3, 0.4) is 0 Å². The largest absolute Gasteiger partial charge is 2.00 e. The zero-order valence-corrected chi connectivity index (χ0v) is 23.1. The minimum Gasteiger partial charge on any atom is -0.691 e. The summed E-state index contributed by atoms with van der Waals surface area (Å²) in [4.78, 5) is 0. The van der Waals surface area contributed by atoms with E-state index in [-0.39, 0.29) is 16.8 Å². The second kappa shape index (κ2) is 23.0. The second-order valence-corrected chi connectivity index (χ2v) is 15.6. The normalized spacial score (nSPS) is 11.5. The first kappa shape index (κ1) is 34.0. The van der Waals surface area contributed by atoms with Gasteiger partial charge >= 0.3 is 16.8 Å². The molecule has 1 radical (unpaired) electrons. The predicted molar refractivity (Wildman–Crippen MR) is 127 cm³/mol. The van der Waals surface area contributed by atoms with Crippen molar-refractivity contribution in [3.63, 3.8) is 0 Å². The van der Waals surface area contributed by atoms with Gasteiger partial charge in [0, 0.05) is 0 Å². The van der Waals surface area contributed by atoms with E-state index in [2.05, 4.69) is 27.7 Å². The van der Waals surface area contributed by atoms with E-state index in [9.17, 15) is 0 Å². The van der Waals surface area contributed by atoms with Gasteiger partial charge < -0.3 is 42.6 Å². The molecule has 0 fully saturated rings. The number of hydrogen-bond acceptors (Lipinski definition) is 8. The van der Waals surface area contributed by atoms with Crippen molar-refractivity contribution < 1.29 is 34.9 Å². The summed E-state index contributed by atoms with van der Waals surface area (Å²) >= 11 is 20.2. The van der Waals surface area contributed by atoms with Crippen molar-refractivity contribution in [2.24, 2.45) is 0 Å². The Kier molecular flexibility index (Phi) is 29.0. The third-order valence-corrected chi connectivity index (χ3v) is 7.51. The maximum absolute atomic E-state index is 5.33. The molecule has 0 spiro atoms. The molecule has 0 atom stereocenters. The Bertz CT molecular complexity index is 343. The van der Waals surface area contributed by atoms with E-state index in [1.807, 2.05) is 0 Å². The zero-order chi connectivity index (χ0) is 20.3. The van der Waals surface area contributed by atoms with E-state index >= 15 is 0 Å². The molecule has 0 aliphatic carbocycles. The monoisotopic (exact) mass is 541 g/mol. The smallest absolute Gasteiger partial charge is 0.691 e. The molecule has 0 heterocycles. The summed E-state index contributed by atoms with van der Waals surface area (Å²) in [6.07, 6.45) is 8.41.